The summed E-state index contributed by atoms with van der Waals surface area (Å²) >= 11 is 0. The number of aliphatic carboxylic acids is 1. The van der Waals surface area contributed by atoms with Crippen LogP contribution in [0, 0.1) is 10.1 Å². The molecule has 5 nitrogen and oxygen atoms in total. The van der Waals surface area contributed by atoms with Crippen molar-refractivity contribution in [1.82, 2.24) is 0 Å². The van der Waals surface area contributed by atoms with Crippen LogP contribution >= 0.6 is 0 Å². The number of hydrogen-bond acceptors (Lipinski definition) is 3. The Morgan fingerprint density at radius 3 is 2.88 bits per heavy atom. The molecule has 0 aliphatic carbocycles. The predicted octanol–water partition coefficient (Wildman–Crippen LogP) is 2.47. The first-order chi connectivity index (χ1) is 7.59. The summed E-state index contributed by atoms with van der Waals surface area (Å²) in [6, 6.07) is 6.17. The van der Waals surface area contributed by atoms with E-state index in [-0.39, 0.29) is 12.1 Å². The molecule has 0 aromatic heterocycles. The minimum absolute atomic E-state index is 0.0281. The number of nitro benzene ring substituents is 1. The third-order valence-electron chi connectivity index (χ3n) is 1.92. The van der Waals surface area contributed by atoms with E-state index >= 15 is 0 Å². The van der Waals surface area contributed by atoms with Gasteiger partial charge in [0.15, 0.2) is 0 Å². The van der Waals surface area contributed by atoms with Crippen LogP contribution in [0.4, 0.5) is 5.69 Å². The SMILES string of the molecule is O=C(O)CC/C=C/c1cccc([N+](=O)[O-])c1. The van der Waals surface area contributed by atoms with E-state index in [9.17, 15) is 14.9 Å². The summed E-state index contributed by atoms with van der Waals surface area (Å²) in [5, 5.41) is 18.9. The molecule has 0 saturated heterocycles. The second-order valence-electron chi connectivity index (χ2n) is 3.19. The van der Waals surface area contributed by atoms with Crippen molar-refractivity contribution in [3.8, 4) is 0 Å². The number of rotatable bonds is 5. The number of carbonyl (C=O) groups is 1. The zero-order chi connectivity index (χ0) is 12.0. The highest BCUT2D eigenvalue weighted by atomic mass is 16.6. The monoisotopic (exact) mass is 221 g/mol. The van der Waals surface area contributed by atoms with E-state index in [0.717, 1.165) is 0 Å². The van der Waals surface area contributed by atoms with Crippen molar-refractivity contribution in [3.63, 3.8) is 0 Å². The maximum atomic E-state index is 10.5. The van der Waals surface area contributed by atoms with Gasteiger partial charge >= 0.3 is 5.97 Å². The lowest BCUT2D eigenvalue weighted by molar-refractivity contribution is -0.384. The highest BCUT2D eigenvalue weighted by Crippen LogP contribution is 2.14. The number of carboxylic acid groups (broad SMARTS) is 1. The predicted molar refractivity (Wildman–Crippen MR) is 59.0 cm³/mol. The molecule has 84 valence electrons. The smallest absolute Gasteiger partial charge is 0.303 e. The summed E-state index contributed by atoms with van der Waals surface area (Å²) in [7, 11) is 0. The molecule has 0 atom stereocenters. The quantitative estimate of drug-likeness (QED) is 0.611. The summed E-state index contributed by atoms with van der Waals surface area (Å²) in [5.41, 5.74) is 0.722. The first-order valence-electron chi connectivity index (χ1n) is 4.72. The van der Waals surface area contributed by atoms with E-state index in [1.54, 1.807) is 24.3 Å². The first-order valence-corrected chi connectivity index (χ1v) is 4.72. The topological polar surface area (TPSA) is 80.4 Å². The van der Waals surface area contributed by atoms with Crippen molar-refractivity contribution < 1.29 is 14.8 Å². The van der Waals surface area contributed by atoms with Crippen LogP contribution in [0.25, 0.3) is 6.08 Å². The van der Waals surface area contributed by atoms with Crippen LogP contribution in [-0.2, 0) is 4.79 Å². The Balaban J connectivity index is 2.63. The van der Waals surface area contributed by atoms with Gasteiger partial charge in [0, 0.05) is 18.6 Å². The van der Waals surface area contributed by atoms with E-state index in [2.05, 4.69) is 0 Å². The first kappa shape index (κ1) is 11.9. The molecular formula is C11H11NO4. The second-order valence-corrected chi connectivity index (χ2v) is 3.19. The molecule has 0 aliphatic heterocycles. The average Bonchev–Trinajstić information content (AvgIpc) is 2.24. The highest BCUT2D eigenvalue weighted by molar-refractivity contribution is 5.67. The molecule has 0 heterocycles. The summed E-state index contributed by atoms with van der Waals surface area (Å²) in [6.45, 7) is 0. The van der Waals surface area contributed by atoms with Gasteiger partial charge in [0.05, 0.1) is 4.92 Å². The summed E-state index contributed by atoms with van der Waals surface area (Å²) in [5.74, 6) is -0.858. The molecule has 0 aliphatic rings. The maximum Gasteiger partial charge on any atom is 0.303 e. The van der Waals surface area contributed by atoms with Crippen LogP contribution in [0.3, 0.4) is 0 Å². The zero-order valence-electron chi connectivity index (χ0n) is 8.50. The molecule has 1 aromatic carbocycles. The molecular weight excluding hydrogens is 210 g/mol. The Morgan fingerprint density at radius 2 is 2.25 bits per heavy atom. The largest absolute Gasteiger partial charge is 0.481 e. The number of hydrogen-bond donors (Lipinski definition) is 1. The Kier molecular flexibility index (Phi) is 4.20. The lowest BCUT2D eigenvalue weighted by atomic mass is 10.1. The standard InChI is InChI=1S/C11H11NO4/c13-11(14)7-2-1-4-9-5-3-6-10(8-9)12(15)16/h1,3-6,8H,2,7H2,(H,13,14)/b4-1+. The van der Waals surface area contributed by atoms with E-state index < -0.39 is 10.9 Å². The normalized spacial score (nSPS) is 10.5. The average molecular weight is 221 g/mol. The van der Waals surface area contributed by atoms with Gasteiger partial charge in [-0.25, -0.2) is 0 Å². The van der Waals surface area contributed by atoms with Crippen LogP contribution in [0.5, 0.6) is 0 Å². The Hall–Kier alpha value is -2.17. The van der Waals surface area contributed by atoms with Crippen LogP contribution in [0.15, 0.2) is 30.3 Å². The van der Waals surface area contributed by atoms with Gasteiger partial charge in [-0.2, -0.15) is 0 Å². The fourth-order valence-corrected chi connectivity index (χ4v) is 1.17. The number of allylic oxidation sites excluding steroid dienone is 1. The Bertz CT molecular complexity index is 426. The lowest BCUT2D eigenvalue weighted by Crippen LogP contribution is -1.91. The van der Waals surface area contributed by atoms with Gasteiger partial charge in [-0.3, -0.25) is 14.9 Å². The van der Waals surface area contributed by atoms with Gasteiger partial charge in [0.1, 0.15) is 0 Å². The number of carboxylic acids is 1. The van der Waals surface area contributed by atoms with Gasteiger partial charge in [0.2, 0.25) is 0 Å². The van der Waals surface area contributed by atoms with Gasteiger partial charge in [0.25, 0.3) is 5.69 Å². The molecule has 16 heavy (non-hydrogen) atoms. The van der Waals surface area contributed by atoms with E-state index in [1.807, 2.05) is 0 Å². The molecule has 1 rings (SSSR count). The number of nitro groups is 1. The molecule has 0 radical (unpaired) electrons. The summed E-state index contributed by atoms with van der Waals surface area (Å²) in [6.07, 6.45) is 3.84. The van der Waals surface area contributed by atoms with Crippen LogP contribution < -0.4 is 0 Å². The second kappa shape index (κ2) is 5.65. The van der Waals surface area contributed by atoms with Crippen molar-refractivity contribution in [2.24, 2.45) is 0 Å². The van der Waals surface area contributed by atoms with E-state index in [4.69, 9.17) is 5.11 Å². The lowest BCUT2D eigenvalue weighted by Gasteiger charge is -1.94. The van der Waals surface area contributed by atoms with Crippen LogP contribution in [0.2, 0.25) is 0 Å². The third kappa shape index (κ3) is 3.91. The van der Waals surface area contributed by atoms with Crippen LogP contribution in [-0.4, -0.2) is 16.0 Å². The molecule has 0 spiro atoms. The van der Waals surface area contributed by atoms with Crippen molar-refractivity contribution in [2.45, 2.75) is 12.8 Å². The minimum Gasteiger partial charge on any atom is -0.481 e. The van der Waals surface area contributed by atoms with Crippen molar-refractivity contribution in [3.05, 3.63) is 46.0 Å². The highest BCUT2D eigenvalue weighted by Gasteiger charge is 2.03. The molecule has 0 unspecified atom stereocenters. The van der Waals surface area contributed by atoms with Crippen molar-refractivity contribution in [1.29, 1.82) is 0 Å². The van der Waals surface area contributed by atoms with Crippen molar-refractivity contribution >= 4 is 17.7 Å². The van der Waals surface area contributed by atoms with Crippen molar-refractivity contribution in [2.75, 3.05) is 0 Å². The van der Waals surface area contributed by atoms with Gasteiger partial charge in [-0.1, -0.05) is 24.3 Å². The molecule has 0 saturated carbocycles. The fourth-order valence-electron chi connectivity index (χ4n) is 1.17. The Morgan fingerprint density at radius 1 is 1.50 bits per heavy atom. The summed E-state index contributed by atoms with van der Waals surface area (Å²) < 4.78 is 0. The molecule has 0 bridgehead atoms. The zero-order valence-corrected chi connectivity index (χ0v) is 8.50. The van der Waals surface area contributed by atoms with E-state index in [1.165, 1.54) is 12.1 Å². The molecule has 5 heteroatoms. The van der Waals surface area contributed by atoms with Crippen LogP contribution in [0.1, 0.15) is 18.4 Å². The van der Waals surface area contributed by atoms with Gasteiger partial charge < -0.3 is 5.11 Å². The fraction of sp³-hybridized carbons (Fsp3) is 0.182. The Labute approximate surface area is 92.2 Å². The molecule has 0 amide bonds. The third-order valence-corrected chi connectivity index (χ3v) is 1.92. The summed E-state index contributed by atoms with van der Waals surface area (Å²) in [4.78, 5) is 20.2. The van der Waals surface area contributed by atoms with Gasteiger partial charge in [-0.15, -0.1) is 0 Å². The molecule has 1 aromatic rings. The van der Waals surface area contributed by atoms with E-state index in [0.29, 0.717) is 12.0 Å². The maximum absolute atomic E-state index is 10.5. The number of benzene rings is 1. The minimum atomic E-state index is -0.858. The number of non-ortho nitro benzene ring substituents is 1. The number of nitrogens with zero attached hydrogens (tertiary/aromatic N) is 1. The molecule has 1 N–H and O–H groups in total. The molecule has 0 fully saturated rings. The van der Waals surface area contributed by atoms with Gasteiger partial charge in [-0.05, 0) is 12.0 Å².